The molecule has 0 heterocycles. The van der Waals surface area contributed by atoms with E-state index >= 15 is 0 Å². The summed E-state index contributed by atoms with van der Waals surface area (Å²) in [5.74, 6) is -1.13. The Kier molecular flexibility index (Phi) is 7.49. The molecule has 7 nitrogen and oxygen atoms in total. The largest absolute Gasteiger partial charge is 0.497 e. The molecule has 3 aromatic rings. The minimum Gasteiger partial charge on any atom is -0.497 e. The van der Waals surface area contributed by atoms with Crippen LogP contribution in [-0.2, 0) is 15.0 Å². The van der Waals surface area contributed by atoms with Gasteiger partial charge in [-0.1, -0.05) is 60.7 Å². The molecule has 3 N–H and O–H groups in total. The van der Waals surface area contributed by atoms with Crippen molar-refractivity contribution in [2.24, 2.45) is 0 Å². The van der Waals surface area contributed by atoms with Crippen molar-refractivity contribution in [3.63, 3.8) is 0 Å². The Balaban J connectivity index is 1.56. The van der Waals surface area contributed by atoms with Gasteiger partial charge in [0.1, 0.15) is 11.4 Å². The molecular formula is C29H28N2O5. The van der Waals surface area contributed by atoms with Crippen LogP contribution in [0.1, 0.15) is 40.7 Å². The first-order chi connectivity index (χ1) is 17.4. The highest BCUT2D eigenvalue weighted by molar-refractivity contribution is 6.05. The molecule has 0 aliphatic heterocycles. The lowest BCUT2D eigenvalue weighted by Gasteiger charge is -2.25. The van der Waals surface area contributed by atoms with Crippen LogP contribution < -0.4 is 15.4 Å². The number of carbonyl (C=O) groups excluding carboxylic acids is 2. The summed E-state index contributed by atoms with van der Waals surface area (Å²) in [7, 11) is 1.57. The van der Waals surface area contributed by atoms with Gasteiger partial charge in [0, 0.05) is 11.6 Å². The molecule has 1 aliphatic rings. The number of carbonyl (C=O) groups is 3. The van der Waals surface area contributed by atoms with Crippen LogP contribution in [0, 0.1) is 0 Å². The fourth-order valence-corrected chi connectivity index (χ4v) is 4.58. The third-order valence-electron chi connectivity index (χ3n) is 6.54. The molecule has 36 heavy (non-hydrogen) atoms. The van der Waals surface area contributed by atoms with Gasteiger partial charge < -0.3 is 20.5 Å². The second-order valence-corrected chi connectivity index (χ2v) is 8.82. The molecule has 0 bridgehead atoms. The van der Waals surface area contributed by atoms with Gasteiger partial charge >= 0.3 is 5.97 Å². The summed E-state index contributed by atoms with van der Waals surface area (Å²) in [6, 6.07) is 24.5. The van der Waals surface area contributed by atoms with Crippen molar-refractivity contribution in [3.05, 3.63) is 107 Å². The molecule has 0 unspecified atom stereocenters. The third kappa shape index (κ3) is 5.46. The zero-order valence-electron chi connectivity index (χ0n) is 19.9. The number of rotatable bonds is 8. The first kappa shape index (κ1) is 24.7. The minimum atomic E-state index is -1.06. The number of carboxylic acid groups (broad SMARTS) is 1. The summed E-state index contributed by atoms with van der Waals surface area (Å²) >= 11 is 0. The van der Waals surface area contributed by atoms with Gasteiger partial charge in [-0.25, -0.2) is 0 Å². The zero-order chi connectivity index (χ0) is 25.5. The SMILES string of the molecule is COc1ccc(/C=C(/NC(=O)c2ccccc2)C(=O)N[C@@H]2CC[C@](C(=O)O)(c3ccccc3)C2)cc1. The van der Waals surface area contributed by atoms with Crippen molar-refractivity contribution in [3.8, 4) is 5.75 Å². The first-order valence-corrected chi connectivity index (χ1v) is 11.7. The molecule has 0 radical (unpaired) electrons. The molecule has 1 saturated carbocycles. The standard InChI is InChI=1S/C29H28N2O5/c1-36-24-14-12-20(13-15-24)18-25(31-26(32)21-8-4-2-5-9-21)27(33)30-23-16-17-29(19-23,28(34)35)22-10-6-3-7-11-22/h2-15,18,23H,16-17,19H2,1H3,(H,30,33)(H,31,32)(H,34,35)/b25-18+/t23-,29-/m1/s1. The Morgan fingerprint density at radius 3 is 2.19 bits per heavy atom. The second kappa shape index (κ2) is 10.9. The van der Waals surface area contributed by atoms with E-state index in [0.717, 1.165) is 5.56 Å². The van der Waals surface area contributed by atoms with Crippen LogP contribution in [-0.4, -0.2) is 36.0 Å². The molecule has 1 aliphatic carbocycles. The van der Waals surface area contributed by atoms with E-state index in [1.165, 1.54) is 0 Å². The highest BCUT2D eigenvalue weighted by Crippen LogP contribution is 2.41. The van der Waals surface area contributed by atoms with Crippen molar-refractivity contribution in [2.75, 3.05) is 7.11 Å². The van der Waals surface area contributed by atoms with E-state index in [2.05, 4.69) is 10.6 Å². The fourth-order valence-electron chi connectivity index (χ4n) is 4.58. The number of hydrogen-bond acceptors (Lipinski definition) is 4. The van der Waals surface area contributed by atoms with Gasteiger partial charge in [0.25, 0.3) is 11.8 Å². The number of ether oxygens (including phenoxy) is 1. The predicted molar refractivity (Wildman–Crippen MR) is 136 cm³/mol. The monoisotopic (exact) mass is 484 g/mol. The number of methoxy groups -OCH3 is 1. The maximum absolute atomic E-state index is 13.3. The third-order valence-corrected chi connectivity index (χ3v) is 6.54. The summed E-state index contributed by atoms with van der Waals surface area (Å²) in [5.41, 5.74) is 0.847. The molecule has 2 amide bonds. The topological polar surface area (TPSA) is 105 Å². The van der Waals surface area contributed by atoms with Gasteiger partial charge in [-0.05, 0) is 60.7 Å². The first-order valence-electron chi connectivity index (χ1n) is 11.7. The van der Waals surface area contributed by atoms with E-state index in [0.29, 0.717) is 29.7 Å². The summed E-state index contributed by atoms with van der Waals surface area (Å²) in [4.78, 5) is 38.5. The van der Waals surface area contributed by atoms with Gasteiger partial charge in [-0.2, -0.15) is 0 Å². The van der Waals surface area contributed by atoms with Gasteiger partial charge in [0.15, 0.2) is 0 Å². The van der Waals surface area contributed by atoms with E-state index in [-0.39, 0.29) is 18.2 Å². The number of carboxylic acids is 1. The van der Waals surface area contributed by atoms with Crippen LogP contribution in [0.3, 0.4) is 0 Å². The van der Waals surface area contributed by atoms with E-state index in [4.69, 9.17) is 4.74 Å². The molecule has 7 heteroatoms. The van der Waals surface area contributed by atoms with E-state index in [9.17, 15) is 19.5 Å². The summed E-state index contributed by atoms with van der Waals surface area (Å²) < 4.78 is 5.19. The molecule has 0 spiro atoms. The van der Waals surface area contributed by atoms with E-state index in [1.54, 1.807) is 67.8 Å². The Labute approximate surface area is 209 Å². The maximum atomic E-state index is 13.3. The van der Waals surface area contributed by atoms with Gasteiger partial charge in [-0.3, -0.25) is 14.4 Å². The Bertz CT molecular complexity index is 1260. The van der Waals surface area contributed by atoms with Crippen molar-refractivity contribution in [2.45, 2.75) is 30.7 Å². The molecule has 1 fully saturated rings. The van der Waals surface area contributed by atoms with Crippen LogP contribution in [0.2, 0.25) is 0 Å². The Morgan fingerprint density at radius 1 is 0.944 bits per heavy atom. The highest BCUT2D eigenvalue weighted by Gasteiger charge is 2.47. The summed E-state index contributed by atoms with van der Waals surface area (Å²) in [6.45, 7) is 0. The predicted octanol–water partition coefficient (Wildman–Crippen LogP) is 4.16. The van der Waals surface area contributed by atoms with Crippen LogP contribution in [0.5, 0.6) is 5.75 Å². The molecule has 0 saturated heterocycles. The van der Waals surface area contributed by atoms with Crippen molar-refractivity contribution >= 4 is 23.9 Å². The van der Waals surface area contributed by atoms with Crippen molar-refractivity contribution in [1.82, 2.24) is 10.6 Å². The summed E-state index contributed by atoms with van der Waals surface area (Å²) in [6.07, 6.45) is 2.77. The zero-order valence-corrected chi connectivity index (χ0v) is 19.9. The van der Waals surface area contributed by atoms with E-state index < -0.39 is 23.2 Å². The van der Waals surface area contributed by atoms with Crippen LogP contribution in [0.4, 0.5) is 0 Å². The van der Waals surface area contributed by atoms with Crippen molar-refractivity contribution in [1.29, 1.82) is 0 Å². The van der Waals surface area contributed by atoms with Crippen molar-refractivity contribution < 1.29 is 24.2 Å². The maximum Gasteiger partial charge on any atom is 0.314 e. The van der Waals surface area contributed by atoms with Crippen LogP contribution >= 0.6 is 0 Å². The summed E-state index contributed by atoms with van der Waals surface area (Å²) in [5, 5.41) is 15.7. The lowest BCUT2D eigenvalue weighted by atomic mass is 9.79. The number of aliphatic carboxylic acids is 1. The number of nitrogens with one attached hydrogen (secondary N) is 2. The number of hydrogen-bond donors (Lipinski definition) is 3. The minimum absolute atomic E-state index is 0.0709. The lowest BCUT2D eigenvalue weighted by molar-refractivity contribution is -0.143. The molecule has 2 atom stereocenters. The Hall–Kier alpha value is -4.39. The van der Waals surface area contributed by atoms with E-state index in [1.807, 2.05) is 30.3 Å². The van der Waals surface area contributed by atoms with Crippen LogP contribution in [0.25, 0.3) is 6.08 Å². The molecule has 184 valence electrons. The molecule has 0 aromatic heterocycles. The Morgan fingerprint density at radius 2 is 1.58 bits per heavy atom. The van der Waals surface area contributed by atoms with Gasteiger partial charge in [0.2, 0.25) is 0 Å². The smallest absolute Gasteiger partial charge is 0.314 e. The van der Waals surface area contributed by atoms with Crippen LogP contribution in [0.15, 0.2) is 90.6 Å². The molecule has 4 rings (SSSR count). The number of benzene rings is 3. The lowest BCUT2D eigenvalue weighted by Crippen LogP contribution is -2.41. The molecular weight excluding hydrogens is 456 g/mol. The normalized spacial score (nSPS) is 19.4. The average molecular weight is 485 g/mol. The number of amides is 2. The van der Waals surface area contributed by atoms with Gasteiger partial charge in [0.05, 0.1) is 12.5 Å². The fraction of sp³-hybridized carbons (Fsp3) is 0.207. The quantitative estimate of drug-likeness (QED) is 0.417. The highest BCUT2D eigenvalue weighted by atomic mass is 16.5. The van der Waals surface area contributed by atoms with Gasteiger partial charge in [-0.15, -0.1) is 0 Å². The second-order valence-electron chi connectivity index (χ2n) is 8.82. The molecule has 3 aromatic carbocycles. The average Bonchev–Trinajstić information content (AvgIpc) is 3.35.